The highest BCUT2D eigenvalue weighted by atomic mass is 16.5. The zero-order valence-corrected chi connectivity index (χ0v) is 11.6. The Hall–Kier alpha value is -0.550. The van der Waals surface area contributed by atoms with Crippen LogP contribution in [0.3, 0.4) is 0 Å². The molecule has 3 unspecified atom stereocenters. The molecule has 98 valence electrons. The third-order valence-corrected chi connectivity index (χ3v) is 3.90. The van der Waals surface area contributed by atoms with Gasteiger partial charge in [0.25, 0.3) is 0 Å². The van der Waals surface area contributed by atoms with Crippen LogP contribution < -0.4 is 0 Å². The summed E-state index contributed by atoms with van der Waals surface area (Å²) in [5.41, 5.74) is 0. The molecule has 3 atom stereocenters. The molecule has 1 aliphatic carbocycles. The maximum atomic E-state index is 9.14. The van der Waals surface area contributed by atoms with E-state index in [4.69, 9.17) is 10.00 Å². The molecule has 0 saturated heterocycles. The summed E-state index contributed by atoms with van der Waals surface area (Å²) in [5.74, 6) is 1.66. The van der Waals surface area contributed by atoms with Gasteiger partial charge in [-0.2, -0.15) is 5.26 Å². The second kappa shape index (κ2) is 7.71. The molecule has 1 fully saturated rings. The molecule has 17 heavy (non-hydrogen) atoms. The largest absolute Gasteiger partial charge is 0.377 e. The molecule has 0 N–H and O–H groups in total. The minimum atomic E-state index is 0.136. The van der Waals surface area contributed by atoms with Crippen LogP contribution >= 0.6 is 0 Å². The van der Waals surface area contributed by atoms with Crippen LogP contribution in [0.15, 0.2) is 0 Å². The molecule has 2 nitrogen and oxygen atoms in total. The smallest absolute Gasteiger partial charge is 0.0735 e. The molecule has 2 heteroatoms. The number of rotatable bonds is 6. The van der Waals surface area contributed by atoms with E-state index in [0.717, 1.165) is 37.7 Å². The highest BCUT2D eigenvalue weighted by Gasteiger charge is 2.30. The van der Waals surface area contributed by atoms with E-state index >= 15 is 0 Å². The molecule has 0 aromatic heterocycles. The van der Waals surface area contributed by atoms with Crippen LogP contribution in [0.4, 0.5) is 0 Å². The van der Waals surface area contributed by atoms with Gasteiger partial charge in [0.05, 0.1) is 18.1 Å². The minimum absolute atomic E-state index is 0.136. The Morgan fingerprint density at radius 2 is 2.12 bits per heavy atom. The van der Waals surface area contributed by atoms with Crippen molar-refractivity contribution in [2.45, 2.75) is 65.4 Å². The summed E-state index contributed by atoms with van der Waals surface area (Å²) < 4.78 is 5.95. The van der Waals surface area contributed by atoms with Crippen LogP contribution in [0.5, 0.6) is 0 Å². The molecular formula is C15H27NO. The maximum Gasteiger partial charge on any atom is 0.0735 e. The molecule has 0 radical (unpaired) electrons. The zero-order chi connectivity index (χ0) is 12.7. The van der Waals surface area contributed by atoms with Crippen molar-refractivity contribution in [1.29, 1.82) is 5.26 Å². The summed E-state index contributed by atoms with van der Waals surface area (Å²) in [5, 5.41) is 9.14. The van der Waals surface area contributed by atoms with E-state index in [2.05, 4.69) is 26.8 Å². The Morgan fingerprint density at radius 3 is 2.71 bits per heavy atom. The number of hydrogen-bond acceptors (Lipinski definition) is 2. The fraction of sp³-hybridized carbons (Fsp3) is 0.933. The maximum absolute atomic E-state index is 9.14. The summed E-state index contributed by atoms with van der Waals surface area (Å²) in [7, 11) is 0. The first-order valence-corrected chi connectivity index (χ1v) is 7.18. The van der Waals surface area contributed by atoms with Gasteiger partial charge in [-0.1, -0.05) is 27.2 Å². The van der Waals surface area contributed by atoms with E-state index in [-0.39, 0.29) is 12.0 Å². The van der Waals surface area contributed by atoms with Crippen LogP contribution in [0.1, 0.15) is 59.3 Å². The van der Waals surface area contributed by atoms with Crippen molar-refractivity contribution in [1.82, 2.24) is 0 Å². The molecule has 1 aliphatic rings. The van der Waals surface area contributed by atoms with Crippen LogP contribution in [0.2, 0.25) is 0 Å². The number of hydrogen-bond donors (Lipinski definition) is 0. The van der Waals surface area contributed by atoms with Crippen molar-refractivity contribution in [3.63, 3.8) is 0 Å². The fourth-order valence-corrected chi connectivity index (χ4v) is 2.64. The van der Waals surface area contributed by atoms with E-state index in [9.17, 15) is 0 Å². The lowest BCUT2D eigenvalue weighted by Gasteiger charge is -2.32. The Labute approximate surface area is 106 Å². The molecule has 0 heterocycles. The third kappa shape index (κ3) is 5.08. The van der Waals surface area contributed by atoms with Gasteiger partial charge in [-0.05, 0) is 43.9 Å². The summed E-state index contributed by atoms with van der Waals surface area (Å²) in [6.07, 6.45) is 7.11. The normalized spacial score (nSPS) is 29.2. The van der Waals surface area contributed by atoms with Gasteiger partial charge in [-0.3, -0.25) is 0 Å². The van der Waals surface area contributed by atoms with Gasteiger partial charge in [0, 0.05) is 6.61 Å². The van der Waals surface area contributed by atoms with Crippen molar-refractivity contribution in [3.05, 3.63) is 0 Å². The van der Waals surface area contributed by atoms with Crippen LogP contribution in [0, 0.1) is 29.1 Å². The van der Waals surface area contributed by atoms with Crippen molar-refractivity contribution in [2.75, 3.05) is 6.61 Å². The Bertz CT molecular complexity index is 244. The Balaban J connectivity index is 2.29. The van der Waals surface area contributed by atoms with E-state index in [1.165, 1.54) is 19.3 Å². The molecule has 0 spiro atoms. The quantitative estimate of drug-likeness (QED) is 0.650. The SMILES string of the molecule is CCC1CCC(C#N)C(OCCCC(C)C)C1. The number of ether oxygens (including phenoxy) is 1. The third-order valence-electron chi connectivity index (χ3n) is 3.90. The molecule has 0 aromatic rings. The standard InChI is InChI=1S/C15H27NO/c1-4-13-7-8-14(11-16)15(10-13)17-9-5-6-12(2)3/h12-15H,4-10H2,1-3H3. The summed E-state index contributed by atoms with van der Waals surface area (Å²) in [4.78, 5) is 0. The lowest BCUT2D eigenvalue weighted by atomic mass is 9.79. The van der Waals surface area contributed by atoms with Crippen molar-refractivity contribution < 1.29 is 4.74 Å². The predicted octanol–water partition coefficient (Wildman–Crippen LogP) is 4.16. The van der Waals surface area contributed by atoms with Gasteiger partial charge in [-0.25, -0.2) is 0 Å². The van der Waals surface area contributed by atoms with E-state index in [0.29, 0.717) is 0 Å². The van der Waals surface area contributed by atoms with Crippen LogP contribution in [0.25, 0.3) is 0 Å². The second-order valence-corrected chi connectivity index (χ2v) is 5.77. The van der Waals surface area contributed by atoms with Crippen molar-refractivity contribution in [3.8, 4) is 6.07 Å². The van der Waals surface area contributed by atoms with Crippen molar-refractivity contribution >= 4 is 0 Å². The van der Waals surface area contributed by atoms with Gasteiger partial charge < -0.3 is 4.74 Å². The first-order valence-electron chi connectivity index (χ1n) is 7.18. The zero-order valence-electron chi connectivity index (χ0n) is 11.6. The van der Waals surface area contributed by atoms with Crippen molar-refractivity contribution in [2.24, 2.45) is 17.8 Å². The summed E-state index contributed by atoms with van der Waals surface area (Å²) in [6, 6.07) is 2.42. The average Bonchev–Trinajstić information content (AvgIpc) is 2.34. The molecule has 1 saturated carbocycles. The molecule has 0 amide bonds. The number of nitrogens with zero attached hydrogens (tertiary/aromatic N) is 1. The van der Waals surface area contributed by atoms with Crippen LogP contribution in [-0.2, 0) is 4.74 Å². The highest BCUT2D eigenvalue weighted by molar-refractivity contribution is 4.93. The predicted molar refractivity (Wildman–Crippen MR) is 70.5 cm³/mol. The average molecular weight is 237 g/mol. The monoisotopic (exact) mass is 237 g/mol. The lowest BCUT2D eigenvalue weighted by molar-refractivity contribution is -0.0122. The Kier molecular flexibility index (Phi) is 6.58. The minimum Gasteiger partial charge on any atom is -0.377 e. The van der Waals surface area contributed by atoms with Gasteiger partial charge in [0.1, 0.15) is 0 Å². The topological polar surface area (TPSA) is 33.0 Å². The Morgan fingerprint density at radius 1 is 1.35 bits per heavy atom. The van der Waals surface area contributed by atoms with E-state index in [1.54, 1.807) is 0 Å². The molecular weight excluding hydrogens is 210 g/mol. The van der Waals surface area contributed by atoms with E-state index < -0.39 is 0 Å². The van der Waals surface area contributed by atoms with Gasteiger partial charge >= 0.3 is 0 Å². The van der Waals surface area contributed by atoms with Crippen LogP contribution in [-0.4, -0.2) is 12.7 Å². The highest BCUT2D eigenvalue weighted by Crippen LogP contribution is 2.32. The first kappa shape index (κ1) is 14.5. The number of nitriles is 1. The summed E-state index contributed by atoms with van der Waals surface area (Å²) in [6.45, 7) is 7.56. The molecule has 1 rings (SSSR count). The molecule has 0 aromatic carbocycles. The van der Waals surface area contributed by atoms with Gasteiger partial charge in [-0.15, -0.1) is 0 Å². The fourth-order valence-electron chi connectivity index (χ4n) is 2.64. The van der Waals surface area contributed by atoms with Gasteiger partial charge in [0.15, 0.2) is 0 Å². The van der Waals surface area contributed by atoms with Gasteiger partial charge in [0.2, 0.25) is 0 Å². The van der Waals surface area contributed by atoms with E-state index in [1.807, 2.05) is 0 Å². The summed E-state index contributed by atoms with van der Waals surface area (Å²) >= 11 is 0. The molecule has 0 aliphatic heterocycles. The first-order chi connectivity index (χ1) is 8.17. The second-order valence-electron chi connectivity index (χ2n) is 5.77. The lowest BCUT2D eigenvalue weighted by Crippen LogP contribution is -2.31. The molecule has 0 bridgehead atoms.